The summed E-state index contributed by atoms with van der Waals surface area (Å²) in [6.07, 6.45) is 3.53. The van der Waals surface area contributed by atoms with Crippen molar-refractivity contribution in [2.75, 3.05) is 19.6 Å². The number of rotatable bonds is 5. The summed E-state index contributed by atoms with van der Waals surface area (Å²) < 4.78 is 0. The summed E-state index contributed by atoms with van der Waals surface area (Å²) in [5.74, 6) is 1.36. The number of nitrogens with zero attached hydrogens (tertiary/aromatic N) is 1. The van der Waals surface area contributed by atoms with Crippen LogP contribution in [0.1, 0.15) is 44.6 Å². The first-order valence-corrected chi connectivity index (χ1v) is 9.20. The fourth-order valence-corrected chi connectivity index (χ4v) is 4.01. The molecule has 1 aliphatic heterocycles. The topological polar surface area (TPSA) is 32.3 Å². The third kappa shape index (κ3) is 4.07. The fourth-order valence-electron chi connectivity index (χ4n) is 3.74. The summed E-state index contributed by atoms with van der Waals surface area (Å²) in [5.41, 5.74) is 1.12. The SMILES string of the molecule is CC1CCCN(C(C)CNC(=O)C2CC2c2ccccc2Cl)C1. The molecule has 1 aliphatic carbocycles. The van der Waals surface area contributed by atoms with Gasteiger partial charge in [0.05, 0.1) is 0 Å². The molecule has 1 saturated carbocycles. The van der Waals surface area contributed by atoms with Gasteiger partial charge in [0, 0.05) is 30.1 Å². The molecule has 1 saturated heterocycles. The lowest BCUT2D eigenvalue weighted by Crippen LogP contribution is -2.46. The van der Waals surface area contributed by atoms with Crippen LogP contribution in [0.25, 0.3) is 0 Å². The Kier molecular flexibility index (Phi) is 5.27. The summed E-state index contributed by atoms with van der Waals surface area (Å²) >= 11 is 6.23. The molecule has 2 aliphatic rings. The molecule has 4 heteroatoms. The number of hydrogen-bond acceptors (Lipinski definition) is 2. The van der Waals surface area contributed by atoms with Gasteiger partial charge in [0.2, 0.25) is 5.91 Å². The molecule has 1 N–H and O–H groups in total. The van der Waals surface area contributed by atoms with E-state index in [4.69, 9.17) is 11.6 Å². The van der Waals surface area contributed by atoms with E-state index in [9.17, 15) is 4.79 Å². The molecule has 4 atom stereocenters. The van der Waals surface area contributed by atoms with Crippen molar-refractivity contribution < 1.29 is 4.79 Å². The lowest BCUT2D eigenvalue weighted by molar-refractivity contribution is -0.122. The molecule has 3 nitrogen and oxygen atoms in total. The zero-order valence-corrected chi connectivity index (χ0v) is 14.9. The highest BCUT2D eigenvalue weighted by atomic mass is 35.5. The summed E-state index contributed by atoms with van der Waals surface area (Å²) in [4.78, 5) is 14.9. The standard InChI is InChI=1S/C19H27ClN2O/c1-13-6-5-9-22(12-13)14(2)11-21-19(23)17-10-16(17)15-7-3-4-8-18(15)20/h3-4,7-8,13-14,16-17H,5-6,9-12H2,1-2H3,(H,21,23). The zero-order chi connectivity index (χ0) is 16.4. The van der Waals surface area contributed by atoms with Crippen LogP contribution in [0.2, 0.25) is 5.02 Å². The normalized spacial score (nSPS) is 29.1. The lowest BCUT2D eigenvalue weighted by Gasteiger charge is -2.35. The van der Waals surface area contributed by atoms with Gasteiger partial charge in [-0.25, -0.2) is 0 Å². The minimum absolute atomic E-state index is 0.0994. The average Bonchev–Trinajstić information content (AvgIpc) is 3.33. The predicted molar refractivity (Wildman–Crippen MR) is 94.7 cm³/mol. The number of halogens is 1. The Morgan fingerprint density at radius 1 is 1.43 bits per heavy atom. The van der Waals surface area contributed by atoms with Crippen molar-refractivity contribution in [2.24, 2.45) is 11.8 Å². The predicted octanol–water partition coefficient (Wildman–Crippen LogP) is 3.68. The molecule has 0 radical (unpaired) electrons. The first kappa shape index (κ1) is 16.8. The van der Waals surface area contributed by atoms with Gasteiger partial charge in [-0.3, -0.25) is 9.69 Å². The average molecular weight is 335 g/mol. The lowest BCUT2D eigenvalue weighted by atomic mass is 9.99. The maximum atomic E-state index is 12.4. The highest BCUT2D eigenvalue weighted by Crippen LogP contribution is 2.49. The van der Waals surface area contributed by atoms with E-state index in [1.807, 2.05) is 24.3 Å². The molecule has 3 rings (SSSR count). The fraction of sp³-hybridized carbons (Fsp3) is 0.632. The van der Waals surface area contributed by atoms with Crippen molar-refractivity contribution >= 4 is 17.5 Å². The second-order valence-electron chi connectivity index (χ2n) is 7.31. The number of hydrogen-bond donors (Lipinski definition) is 1. The van der Waals surface area contributed by atoms with E-state index < -0.39 is 0 Å². The molecule has 0 spiro atoms. The summed E-state index contributed by atoms with van der Waals surface area (Å²) in [7, 11) is 0. The van der Waals surface area contributed by atoms with Gasteiger partial charge in [-0.2, -0.15) is 0 Å². The Hall–Kier alpha value is -1.06. The van der Waals surface area contributed by atoms with Crippen molar-refractivity contribution in [1.29, 1.82) is 0 Å². The van der Waals surface area contributed by atoms with E-state index in [2.05, 4.69) is 24.1 Å². The van der Waals surface area contributed by atoms with Gasteiger partial charge >= 0.3 is 0 Å². The smallest absolute Gasteiger partial charge is 0.223 e. The highest BCUT2D eigenvalue weighted by molar-refractivity contribution is 6.31. The van der Waals surface area contributed by atoms with E-state index in [1.54, 1.807) is 0 Å². The Balaban J connectivity index is 1.46. The Morgan fingerprint density at radius 2 is 2.22 bits per heavy atom. The summed E-state index contributed by atoms with van der Waals surface area (Å²) in [5, 5.41) is 3.93. The molecule has 1 aromatic carbocycles. The third-order valence-corrected chi connectivity index (χ3v) is 5.66. The molecular formula is C19H27ClN2O. The molecule has 0 bridgehead atoms. The van der Waals surface area contributed by atoms with Crippen LogP contribution in [0.4, 0.5) is 0 Å². The highest BCUT2D eigenvalue weighted by Gasteiger charge is 2.44. The maximum Gasteiger partial charge on any atom is 0.223 e. The molecule has 126 valence electrons. The Bertz CT molecular complexity index is 562. The van der Waals surface area contributed by atoms with E-state index in [0.29, 0.717) is 12.0 Å². The number of carbonyl (C=O) groups is 1. The van der Waals surface area contributed by atoms with Gasteiger partial charge in [0.25, 0.3) is 0 Å². The van der Waals surface area contributed by atoms with Crippen LogP contribution in [-0.4, -0.2) is 36.5 Å². The second-order valence-corrected chi connectivity index (χ2v) is 7.71. The molecule has 0 aromatic heterocycles. The van der Waals surface area contributed by atoms with Gasteiger partial charge < -0.3 is 5.32 Å². The van der Waals surface area contributed by atoms with Crippen LogP contribution >= 0.6 is 11.6 Å². The molecule has 4 unspecified atom stereocenters. The van der Waals surface area contributed by atoms with Crippen LogP contribution in [0.15, 0.2) is 24.3 Å². The van der Waals surface area contributed by atoms with Crippen LogP contribution in [0.5, 0.6) is 0 Å². The van der Waals surface area contributed by atoms with Crippen molar-refractivity contribution in [3.05, 3.63) is 34.9 Å². The minimum atomic E-state index is 0.0994. The number of likely N-dealkylation sites (tertiary alicyclic amines) is 1. The van der Waals surface area contributed by atoms with Crippen LogP contribution < -0.4 is 5.32 Å². The molecule has 23 heavy (non-hydrogen) atoms. The zero-order valence-electron chi connectivity index (χ0n) is 14.1. The quantitative estimate of drug-likeness (QED) is 0.890. The van der Waals surface area contributed by atoms with E-state index in [0.717, 1.165) is 42.6 Å². The number of benzene rings is 1. The number of amides is 1. The van der Waals surface area contributed by atoms with Crippen molar-refractivity contribution in [3.63, 3.8) is 0 Å². The van der Waals surface area contributed by atoms with Gasteiger partial charge in [-0.1, -0.05) is 36.7 Å². The summed E-state index contributed by atoms with van der Waals surface area (Å²) in [6, 6.07) is 8.29. The molecule has 1 aromatic rings. The van der Waals surface area contributed by atoms with E-state index >= 15 is 0 Å². The molecule has 1 heterocycles. The number of piperidine rings is 1. The van der Waals surface area contributed by atoms with Crippen molar-refractivity contribution in [1.82, 2.24) is 10.2 Å². The molecular weight excluding hydrogens is 308 g/mol. The van der Waals surface area contributed by atoms with Crippen LogP contribution in [0, 0.1) is 11.8 Å². The number of nitrogens with one attached hydrogen (secondary N) is 1. The van der Waals surface area contributed by atoms with Gasteiger partial charge in [0.15, 0.2) is 0 Å². The Labute approximate surface area is 144 Å². The Morgan fingerprint density at radius 3 is 2.96 bits per heavy atom. The summed E-state index contributed by atoms with van der Waals surface area (Å²) in [6.45, 7) is 7.60. The number of carbonyl (C=O) groups excluding carboxylic acids is 1. The first-order valence-electron chi connectivity index (χ1n) is 8.82. The van der Waals surface area contributed by atoms with Crippen molar-refractivity contribution in [2.45, 2.75) is 45.1 Å². The molecule has 2 fully saturated rings. The minimum Gasteiger partial charge on any atom is -0.354 e. The van der Waals surface area contributed by atoms with Gasteiger partial charge in [0.1, 0.15) is 0 Å². The van der Waals surface area contributed by atoms with Crippen molar-refractivity contribution in [3.8, 4) is 0 Å². The monoisotopic (exact) mass is 334 g/mol. The van der Waals surface area contributed by atoms with Gasteiger partial charge in [-0.05, 0) is 56.2 Å². The first-order chi connectivity index (χ1) is 11.1. The maximum absolute atomic E-state index is 12.4. The second kappa shape index (κ2) is 7.23. The third-order valence-electron chi connectivity index (χ3n) is 5.32. The van der Waals surface area contributed by atoms with Crippen LogP contribution in [-0.2, 0) is 4.79 Å². The van der Waals surface area contributed by atoms with E-state index in [-0.39, 0.29) is 11.8 Å². The molecule has 1 amide bonds. The van der Waals surface area contributed by atoms with Gasteiger partial charge in [-0.15, -0.1) is 0 Å². The van der Waals surface area contributed by atoms with E-state index in [1.165, 1.54) is 12.8 Å². The largest absolute Gasteiger partial charge is 0.354 e. The van der Waals surface area contributed by atoms with Crippen LogP contribution in [0.3, 0.4) is 0 Å².